The molecule has 0 saturated heterocycles. The van der Waals surface area contributed by atoms with E-state index in [1.54, 1.807) is 0 Å². The van der Waals surface area contributed by atoms with Gasteiger partial charge in [0.2, 0.25) is 0 Å². The molecule has 11 rings (SSSR count). The van der Waals surface area contributed by atoms with E-state index in [0.717, 1.165) is 82.8 Å². The van der Waals surface area contributed by atoms with Gasteiger partial charge in [-0.2, -0.15) is 10.5 Å². The first kappa shape index (κ1) is 53.2. The van der Waals surface area contributed by atoms with Gasteiger partial charge in [0, 0.05) is 43.4 Å². The Balaban J connectivity index is 1.38. The molecule has 0 atom stereocenters. The quantitative estimate of drug-likeness (QED) is 0.176. The molecule has 5 nitrogen and oxygen atoms in total. The van der Waals surface area contributed by atoms with Crippen LogP contribution in [0.2, 0.25) is 0 Å². The fraction of sp³-hybridized carbons (Fsp3) is 0.324. The zero-order valence-electron chi connectivity index (χ0n) is 50.0. The van der Waals surface area contributed by atoms with Gasteiger partial charge in [-0.1, -0.05) is 167 Å². The fourth-order valence-electron chi connectivity index (χ4n) is 12.0. The van der Waals surface area contributed by atoms with Crippen LogP contribution in [0.25, 0.3) is 93.6 Å². The van der Waals surface area contributed by atoms with Crippen LogP contribution in [0, 0.1) is 22.7 Å². The minimum absolute atomic E-state index is 0.0727. The van der Waals surface area contributed by atoms with Crippen molar-refractivity contribution in [2.45, 2.75) is 157 Å². The summed E-state index contributed by atoms with van der Waals surface area (Å²) >= 11 is 0. The van der Waals surface area contributed by atoms with Gasteiger partial charge in [0.1, 0.15) is 6.07 Å². The van der Waals surface area contributed by atoms with Crippen LogP contribution in [0.4, 0.5) is 0 Å². The number of hydrogen-bond donors (Lipinski definition) is 0. The number of fused-ring (bicyclic) bond motifs is 9. The molecule has 0 radical (unpaired) electrons. The fourth-order valence-corrected chi connectivity index (χ4v) is 12.0. The maximum atomic E-state index is 11.8. The molecule has 3 aromatic heterocycles. The average Bonchev–Trinajstić information content (AvgIpc) is 4.05. The highest BCUT2D eigenvalue weighted by Crippen LogP contribution is 2.48. The van der Waals surface area contributed by atoms with Gasteiger partial charge >= 0.3 is 0 Å². The topological polar surface area (TPSA) is 62.4 Å². The molecule has 0 fully saturated rings. The first-order valence-electron chi connectivity index (χ1n) is 28.3. The van der Waals surface area contributed by atoms with Crippen molar-refractivity contribution in [1.29, 1.82) is 10.5 Å². The van der Waals surface area contributed by atoms with Gasteiger partial charge in [-0.3, -0.25) is 0 Å². The van der Waals surface area contributed by atoms with Crippen LogP contribution in [0.3, 0.4) is 0 Å². The van der Waals surface area contributed by atoms with Crippen molar-refractivity contribution < 1.29 is 0 Å². The van der Waals surface area contributed by atoms with Crippen molar-refractivity contribution in [3.8, 4) is 40.3 Å². The molecule has 0 bridgehead atoms. The number of benzene rings is 8. The third-order valence-corrected chi connectivity index (χ3v) is 16.9. The van der Waals surface area contributed by atoms with E-state index in [0.29, 0.717) is 11.1 Å². The lowest BCUT2D eigenvalue weighted by Gasteiger charge is -2.25. The zero-order valence-corrected chi connectivity index (χ0v) is 50.0. The molecule has 8 aromatic carbocycles. The first-order valence-corrected chi connectivity index (χ1v) is 28.3. The van der Waals surface area contributed by atoms with Crippen LogP contribution in [0.15, 0.2) is 140 Å². The average molecular weight is 1040 g/mol. The molecule has 0 aliphatic rings. The predicted octanol–water partition coefficient (Wildman–Crippen LogP) is 20.2. The minimum Gasteiger partial charge on any atom is -0.309 e. The molecule has 0 amide bonds. The molecule has 79 heavy (non-hydrogen) atoms. The molecule has 0 spiro atoms. The highest BCUT2D eigenvalue weighted by Gasteiger charge is 2.31. The molecule has 0 unspecified atom stereocenters. The summed E-state index contributed by atoms with van der Waals surface area (Å²) in [6, 6.07) is 57.4. The number of nitriles is 2. The van der Waals surface area contributed by atoms with Crippen molar-refractivity contribution >= 4 is 65.4 Å². The molecule has 5 heteroatoms. The molecule has 3 heterocycles. The summed E-state index contributed by atoms with van der Waals surface area (Å²) in [5, 5.41) is 29.7. The predicted molar refractivity (Wildman–Crippen MR) is 337 cm³/mol. The highest BCUT2D eigenvalue weighted by molar-refractivity contribution is 6.14. The zero-order chi connectivity index (χ0) is 56.8. The molecule has 11 aromatic rings. The monoisotopic (exact) mass is 1040 g/mol. The van der Waals surface area contributed by atoms with Crippen molar-refractivity contribution in [3.63, 3.8) is 0 Å². The normalized spacial score (nSPS) is 13.2. The Morgan fingerprint density at radius 2 is 0.570 bits per heavy atom. The highest BCUT2D eigenvalue weighted by atomic mass is 15.1. The Kier molecular flexibility index (Phi) is 12.0. The summed E-state index contributed by atoms with van der Waals surface area (Å²) in [4.78, 5) is 0. The molecule has 0 aliphatic carbocycles. The standard InChI is InChI=1S/C74H77N5/c1-69(2,3)46-21-29-61-54(36-46)55-37-47(70(4,5)6)22-30-62(55)77(61)60-28-19-44(42-75)35-53(60)52-27-20-45(43-76)67(78-63-31-23-48(71(7,8)9)38-56(63)57-39-49(72(10,11)12)24-32-64(57)78)68(52)79-65-33-25-50(73(13,14)15)40-58(65)59-41-51(74(16,17)18)26-34-66(59)79/h19-41H,1-18H3. The molecular weight excluding hydrogens is 959 g/mol. The van der Waals surface area contributed by atoms with Crippen LogP contribution in [-0.4, -0.2) is 13.7 Å². The number of nitrogens with zero attached hydrogens (tertiary/aromatic N) is 5. The van der Waals surface area contributed by atoms with E-state index >= 15 is 0 Å². The smallest absolute Gasteiger partial charge is 0.101 e. The van der Waals surface area contributed by atoms with Crippen LogP contribution >= 0.6 is 0 Å². The Labute approximate surface area is 468 Å². The summed E-state index contributed by atoms with van der Waals surface area (Å²) in [7, 11) is 0. The lowest BCUT2D eigenvalue weighted by atomic mass is 9.85. The van der Waals surface area contributed by atoms with Crippen LogP contribution in [-0.2, 0) is 32.5 Å². The lowest BCUT2D eigenvalue weighted by Crippen LogP contribution is -2.12. The van der Waals surface area contributed by atoms with Crippen molar-refractivity contribution in [2.75, 3.05) is 0 Å². The van der Waals surface area contributed by atoms with Crippen molar-refractivity contribution in [3.05, 3.63) is 184 Å². The second kappa shape index (κ2) is 17.8. The SMILES string of the molecule is CC(C)(C)c1ccc2c(c1)c1cc(C(C)(C)C)ccc1n2-c1ccc(C#N)cc1-c1ccc(C#N)c(-n2c3ccc(C(C)(C)C)cc3c3cc(C(C)(C)C)ccc32)c1-n1c2ccc(C(C)(C)C)cc2c2cc(C(C)(C)C)ccc21. The Morgan fingerprint density at radius 3 is 0.848 bits per heavy atom. The molecule has 0 saturated carbocycles. The Morgan fingerprint density at radius 1 is 0.278 bits per heavy atom. The maximum absolute atomic E-state index is 11.8. The molecule has 398 valence electrons. The minimum atomic E-state index is -0.113. The lowest BCUT2D eigenvalue weighted by molar-refractivity contribution is 0.590. The van der Waals surface area contributed by atoms with Crippen LogP contribution < -0.4 is 0 Å². The summed E-state index contributed by atoms with van der Waals surface area (Å²) in [5.41, 5.74) is 18.7. The van der Waals surface area contributed by atoms with Gasteiger partial charge in [0.15, 0.2) is 0 Å². The van der Waals surface area contributed by atoms with Crippen LogP contribution in [0.5, 0.6) is 0 Å². The van der Waals surface area contributed by atoms with E-state index in [4.69, 9.17) is 0 Å². The molecular formula is C74H77N5. The largest absolute Gasteiger partial charge is 0.309 e. The number of aromatic nitrogens is 3. The molecule has 0 aliphatic heterocycles. The third kappa shape index (κ3) is 8.82. The van der Waals surface area contributed by atoms with E-state index in [2.05, 4.69) is 278 Å². The number of rotatable bonds is 4. The summed E-state index contributed by atoms with van der Waals surface area (Å²) in [6.07, 6.45) is 0. The Bertz CT molecular complexity index is 4210. The van der Waals surface area contributed by atoms with Crippen molar-refractivity contribution in [1.82, 2.24) is 13.7 Å². The summed E-state index contributed by atoms with van der Waals surface area (Å²) in [5.74, 6) is 0. The second-order valence-electron chi connectivity index (χ2n) is 28.7. The van der Waals surface area contributed by atoms with Gasteiger partial charge in [-0.25, -0.2) is 0 Å². The first-order chi connectivity index (χ1) is 36.9. The van der Waals surface area contributed by atoms with Gasteiger partial charge in [0.25, 0.3) is 0 Å². The van der Waals surface area contributed by atoms with Gasteiger partial charge in [0.05, 0.1) is 67.4 Å². The second-order valence-corrected chi connectivity index (χ2v) is 28.7. The van der Waals surface area contributed by atoms with E-state index in [-0.39, 0.29) is 32.5 Å². The van der Waals surface area contributed by atoms with E-state index in [1.165, 1.54) is 44.2 Å². The summed E-state index contributed by atoms with van der Waals surface area (Å²) in [6.45, 7) is 41.0. The van der Waals surface area contributed by atoms with E-state index in [9.17, 15) is 10.5 Å². The number of hydrogen-bond acceptors (Lipinski definition) is 2. The van der Waals surface area contributed by atoms with Gasteiger partial charge < -0.3 is 13.7 Å². The van der Waals surface area contributed by atoms with Gasteiger partial charge in [-0.15, -0.1) is 0 Å². The third-order valence-electron chi connectivity index (χ3n) is 16.9. The van der Waals surface area contributed by atoms with Gasteiger partial charge in [-0.05, 0) is 163 Å². The van der Waals surface area contributed by atoms with Crippen molar-refractivity contribution in [2.24, 2.45) is 0 Å². The van der Waals surface area contributed by atoms with Crippen LogP contribution in [0.1, 0.15) is 169 Å². The molecule has 0 N–H and O–H groups in total. The Hall–Kier alpha value is -7.86. The summed E-state index contributed by atoms with van der Waals surface area (Å²) < 4.78 is 7.24. The van der Waals surface area contributed by atoms with E-state index < -0.39 is 0 Å². The maximum Gasteiger partial charge on any atom is 0.101 e. The van der Waals surface area contributed by atoms with E-state index in [1.807, 2.05) is 12.1 Å².